The van der Waals surface area contributed by atoms with Crippen LogP contribution in [0, 0.1) is 5.92 Å². The van der Waals surface area contributed by atoms with Gasteiger partial charge in [-0.15, -0.1) is 10.2 Å². The lowest BCUT2D eigenvalue weighted by atomic mass is 10.0. The zero-order valence-corrected chi connectivity index (χ0v) is 11.7. The SMILES string of the molecule is Cn1cnnc1-c1ccc(NCC2CCOCC2)cc1. The molecule has 1 N–H and O–H groups in total. The largest absolute Gasteiger partial charge is 0.385 e. The number of hydrogen-bond donors (Lipinski definition) is 1. The lowest BCUT2D eigenvalue weighted by Gasteiger charge is -2.22. The number of aryl methyl sites for hydroxylation is 1. The summed E-state index contributed by atoms with van der Waals surface area (Å²) in [6.07, 6.45) is 4.03. The fraction of sp³-hybridized carbons (Fsp3) is 0.467. The molecule has 1 aromatic carbocycles. The second-order valence-electron chi connectivity index (χ2n) is 5.28. The van der Waals surface area contributed by atoms with E-state index in [2.05, 4.69) is 39.8 Å². The Labute approximate surface area is 119 Å². The maximum Gasteiger partial charge on any atom is 0.163 e. The number of hydrogen-bond acceptors (Lipinski definition) is 4. The van der Waals surface area contributed by atoms with Gasteiger partial charge in [0.05, 0.1) is 0 Å². The van der Waals surface area contributed by atoms with Crippen molar-refractivity contribution in [1.82, 2.24) is 14.8 Å². The lowest BCUT2D eigenvalue weighted by molar-refractivity contribution is 0.0699. The fourth-order valence-electron chi connectivity index (χ4n) is 2.49. The molecule has 5 nitrogen and oxygen atoms in total. The summed E-state index contributed by atoms with van der Waals surface area (Å²) >= 11 is 0. The number of aromatic nitrogens is 3. The first-order valence-electron chi connectivity index (χ1n) is 7.09. The van der Waals surface area contributed by atoms with Gasteiger partial charge in [-0.2, -0.15) is 0 Å². The minimum atomic E-state index is 0.724. The first kappa shape index (κ1) is 13.1. The van der Waals surface area contributed by atoms with Gasteiger partial charge in [0.25, 0.3) is 0 Å². The van der Waals surface area contributed by atoms with Gasteiger partial charge >= 0.3 is 0 Å². The molecule has 1 aromatic heterocycles. The molecule has 0 amide bonds. The Bertz CT molecular complexity index is 543. The van der Waals surface area contributed by atoms with Crippen molar-refractivity contribution in [3.63, 3.8) is 0 Å². The predicted octanol–water partition coefficient (Wildman–Crippen LogP) is 2.32. The summed E-state index contributed by atoms with van der Waals surface area (Å²) in [6, 6.07) is 8.36. The van der Waals surface area contributed by atoms with Gasteiger partial charge in [0.15, 0.2) is 5.82 Å². The number of rotatable bonds is 4. The van der Waals surface area contributed by atoms with Crippen molar-refractivity contribution in [3.8, 4) is 11.4 Å². The Morgan fingerprint density at radius 1 is 1.25 bits per heavy atom. The molecule has 0 unspecified atom stereocenters. The molecular weight excluding hydrogens is 252 g/mol. The highest BCUT2D eigenvalue weighted by Gasteiger charge is 2.13. The Morgan fingerprint density at radius 3 is 2.65 bits per heavy atom. The third-order valence-electron chi connectivity index (χ3n) is 3.79. The van der Waals surface area contributed by atoms with Crippen LogP contribution in [0.1, 0.15) is 12.8 Å². The molecule has 0 spiro atoms. The minimum Gasteiger partial charge on any atom is -0.385 e. The molecule has 2 aromatic rings. The summed E-state index contributed by atoms with van der Waals surface area (Å²) < 4.78 is 7.30. The number of benzene rings is 1. The molecule has 0 saturated carbocycles. The summed E-state index contributed by atoms with van der Waals surface area (Å²) in [6.45, 7) is 2.82. The topological polar surface area (TPSA) is 52.0 Å². The quantitative estimate of drug-likeness (QED) is 0.928. The van der Waals surface area contributed by atoms with Crippen molar-refractivity contribution < 1.29 is 4.74 Å². The van der Waals surface area contributed by atoms with Gasteiger partial charge in [0.2, 0.25) is 0 Å². The van der Waals surface area contributed by atoms with Crippen LogP contribution in [0.5, 0.6) is 0 Å². The smallest absolute Gasteiger partial charge is 0.163 e. The monoisotopic (exact) mass is 272 g/mol. The van der Waals surface area contributed by atoms with Crippen LogP contribution >= 0.6 is 0 Å². The molecule has 0 aliphatic carbocycles. The average molecular weight is 272 g/mol. The van der Waals surface area contributed by atoms with Crippen LogP contribution in [0.3, 0.4) is 0 Å². The van der Waals surface area contributed by atoms with E-state index in [9.17, 15) is 0 Å². The lowest BCUT2D eigenvalue weighted by Crippen LogP contribution is -2.22. The summed E-state index contributed by atoms with van der Waals surface area (Å²) in [5.74, 6) is 1.61. The summed E-state index contributed by atoms with van der Waals surface area (Å²) in [7, 11) is 1.95. The molecule has 2 heterocycles. The Balaban J connectivity index is 1.60. The first-order chi connectivity index (χ1) is 9.83. The molecule has 3 rings (SSSR count). The molecule has 20 heavy (non-hydrogen) atoms. The molecule has 0 atom stereocenters. The second kappa shape index (κ2) is 6.05. The maximum absolute atomic E-state index is 5.38. The van der Waals surface area contributed by atoms with Crippen molar-refractivity contribution in [1.29, 1.82) is 0 Å². The van der Waals surface area contributed by atoms with E-state index in [-0.39, 0.29) is 0 Å². The number of anilines is 1. The van der Waals surface area contributed by atoms with E-state index in [0.717, 1.165) is 55.6 Å². The average Bonchev–Trinajstić information content (AvgIpc) is 2.93. The van der Waals surface area contributed by atoms with E-state index < -0.39 is 0 Å². The van der Waals surface area contributed by atoms with Crippen molar-refractivity contribution >= 4 is 5.69 Å². The molecule has 1 fully saturated rings. The fourth-order valence-corrected chi connectivity index (χ4v) is 2.49. The van der Waals surface area contributed by atoms with E-state index in [0.29, 0.717) is 0 Å². The third-order valence-corrected chi connectivity index (χ3v) is 3.79. The molecule has 0 bridgehead atoms. The van der Waals surface area contributed by atoms with E-state index in [1.54, 1.807) is 6.33 Å². The summed E-state index contributed by atoms with van der Waals surface area (Å²) in [4.78, 5) is 0. The van der Waals surface area contributed by atoms with Crippen LogP contribution in [0.4, 0.5) is 5.69 Å². The number of nitrogens with one attached hydrogen (secondary N) is 1. The highest BCUT2D eigenvalue weighted by Crippen LogP contribution is 2.20. The standard InChI is InChI=1S/C15H20N4O/c1-19-11-17-18-15(19)13-2-4-14(5-3-13)16-10-12-6-8-20-9-7-12/h2-5,11-12,16H,6-10H2,1H3. The van der Waals surface area contributed by atoms with Crippen LogP contribution in [0.2, 0.25) is 0 Å². The number of nitrogens with zero attached hydrogens (tertiary/aromatic N) is 3. The van der Waals surface area contributed by atoms with E-state index in [1.807, 2.05) is 11.6 Å². The van der Waals surface area contributed by atoms with Gasteiger partial charge in [0.1, 0.15) is 6.33 Å². The molecule has 106 valence electrons. The highest BCUT2D eigenvalue weighted by atomic mass is 16.5. The van der Waals surface area contributed by atoms with Gasteiger partial charge in [-0.1, -0.05) is 0 Å². The minimum absolute atomic E-state index is 0.724. The Kier molecular flexibility index (Phi) is 3.97. The van der Waals surface area contributed by atoms with Crippen LogP contribution in [0.15, 0.2) is 30.6 Å². The zero-order chi connectivity index (χ0) is 13.8. The van der Waals surface area contributed by atoms with Gasteiger partial charge in [-0.3, -0.25) is 0 Å². The van der Waals surface area contributed by atoms with Gasteiger partial charge in [0, 0.05) is 38.1 Å². The first-order valence-corrected chi connectivity index (χ1v) is 7.09. The van der Waals surface area contributed by atoms with Gasteiger partial charge in [-0.05, 0) is 43.0 Å². The van der Waals surface area contributed by atoms with Crippen molar-refractivity contribution in [2.24, 2.45) is 13.0 Å². The molecule has 5 heteroatoms. The maximum atomic E-state index is 5.38. The van der Waals surface area contributed by atoms with Crippen LogP contribution < -0.4 is 5.32 Å². The Hall–Kier alpha value is -1.88. The predicted molar refractivity (Wildman–Crippen MR) is 78.5 cm³/mol. The van der Waals surface area contributed by atoms with Crippen molar-refractivity contribution in [3.05, 3.63) is 30.6 Å². The van der Waals surface area contributed by atoms with Crippen LogP contribution in [-0.2, 0) is 11.8 Å². The molecule has 1 aliphatic rings. The van der Waals surface area contributed by atoms with E-state index in [4.69, 9.17) is 4.74 Å². The van der Waals surface area contributed by atoms with Crippen molar-refractivity contribution in [2.75, 3.05) is 25.1 Å². The highest BCUT2D eigenvalue weighted by molar-refractivity contribution is 5.59. The van der Waals surface area contributed by atoms with Crippen LogP contribution in [-0.4, -0.2) is 34.5 Å². The van der Waals surface area contributed by atoms with Gasteiger partial charge in [-0.25, -0.2) is 0 Å². The van der Waals surface area contributed by atoms with E-state index >= 15 is 0 Å². The van der Waals surface area contributed by atoms with Crippen LogP contribution in [0.25, 0.3) is 11.4 Å². The van der Waals surface area contributed by atoms with Crippen molar-refractivity contribution in [2.45, 2.75) is 12.8 Å². The van der Waals surface area contributed by atoms with E-state index in [1.165, 1.54) is 0 Å². The Morgan fingerprint density at radius 2 is 2.00 bits per heavy atom. The molecule has 1 aliphatic heterocycles. The molecular formula is C15H20N4O. The van der Waals surface area contributed by atoms with Gasteiger partial charge < -0.3 is 14.6 Å². The normalized spacial score (nSPS) is 16.2. The summed E-state index contributed by atoms with van der Waals surface area (Å²) in [5, 5.41) is 11.5. The second-order valence-corrected chi connectivity index (χ2v) is 5.28. The number of ether oxygens (including phenoxy) is 1. The molecule has 1 saturated heterocycles. The third kappa shape index (κ3) is 2.99. The summed E-state index contributed by atoms with van der Waals surface area (Å²) in [5.41, 5.74) is 2.24. The zero-order valence-electron chi connectivity index (χ0n) is 11.7. The molecule has 0 radical (unpaired) electrons.